The molecular formula is C20H28N2O. The average molecular weight is 312 g/mol. The molecule has 3 nitrogen and oxygen atoms in total. The molecule has 0 saturated heterocycles. The summed E-state index contributed by atoms with van der Waals surface area (Å²) in [6.45, 7) is 6.98. The summed E-state index contributed by atoms with van der Waals surface area (Å²) in [6.07, 6.45) is 2.26. The van der Waals surface area contributed by atoms with Crippen molar-refractivity contribution in [3.63, 3.8) is 0 Å². The topological polar surface area (TPSA) is 33.3 Å². The van der Waals surface area contributed by atoms with Crippen LogP contribution in [0.3, 0.4) is 0 Å². The zero-order valence-corrected chi connectivity index (χ0v) is 14.2. The van der Waals surface area contributed by atoms with Gasteiger partial charge in [0.1, 0.15) is 5.75 Å². The summed E-state index contributed by atoms with van der Waals surface area (Å²) in [6, 6.07) is 19.1. The van der Waals surface area contributed by atoms with E-state index in [2.05, 4.69) is 60.9 Å². The molecule has 124 valence electrons. The Hall–Kier alpha value is -2.00. The summed E-state index contributed by atoms with van der Waals surface area (Å²) < 4.78 is 5.67. The lowest BCUT2D eigenvalue weighted by Gasteiger charge is -2.15. The van der Waals surface area contributed by atoms with Gasteiger partial charge in [-0.1, -0.05) is 43.7 Å². The summed E-state index contributed by atoms with van der Waals surface area (Å²) in [7, 11) is 0. The molecule has 0 aliphatic heterocycles. The number of hydrogen-bond acceptors (Lipinski definition) is 3. The first-order chi connectivity index (χ1) is 11.3. The van der Waals surface area contributed by atoms with Gasteiger partial charge >= 0.3 is 0 Å². The Labute approximate surface area is 140 Å². The molecule has 0 saturated carbocycles. The first kappa shape index (κ1) is 17.4. The lowest BCUT2D eigenvalue weighted by atomic mass is 10.1. The molecule has 1 unspecified atom stereocenters. The Kier molecular flexibility index (Phi) is 7.47. The van der Waals surface area contributed by atoms with Gasteiger partial charge in [-0.25, -0.2) is 0 Å². The van der Waals surface area contributed by atoms with E-state index in [0.29, 0.717) is 6.04 Å². The van der Waals surface area contributed by atoms with E-state index in [1.54, 1.807) is 0 Å². The van der Waals surface area contributed by atoms with E-state index in [1.807, 2.05) is 18.2 Å². The third-order valence-electron chi connectivity index (χ3n) is 3.83. The monoisotopic (exact) mass is 312 g/mol. The molecule has 0 radical (unpaired) electrons. The van der Waals surface area contributed by atoms with Crippen molar-refractivity contribution < 1.29 is 4.74 Å². The molecule has 0 aliphatic rings. The van der Waals surface area contributed by atoms with Crippen molar-refractivity contribution in [2.45, 2.75) is 32.7 Å². The zero-order valence-electron chi connectivity index (χ0n) is 14.2. The number of benzene rings is 2. The van der Waals surface area contributed by atoms with Gasteiger partial charge in [0.2, 0.25) is 0 Å². The van der Waals surface area contributed by atoms with Crippen LogP contribution in [0.5, 0.6) is 5.75 Å². The molecule has 0 fully saturated rings. The van der Waals surface area contributed by atoms with Crippen LogP contribution in [0.4, 0.5) is 5.69 Å². The summed E-state index contributed by atoms with van der Waals surface area (Å²) in [5.74, 6) is 0.944. The molecule has 23 heavy (non-hydrogen) atoms. The van der Waals surface area contributed by atoms with Gasteiger partial charge in [0.25, 0.3) is 0 Å². The van der Waals surface area contributed by atoms with Gasteiger partial charge in [-0.15, -0.1) is 0 Å². The summed E-state index contributed by atoms with van der Waals surface area (Å²) in [4.78, 5) is 0. The van der Waals surface area contributed by atoms with E-state index in [9.17, 15) is 0 Å². The van der Waals surface area contributed by atoms with Crippen molar-refractivity contribution in [3.8, 4) is 5.75 Å². The van der Waals surface area contributed by atoms with Crippen LogP contribution in [-0.2, 0) is 0 Å². The maximum Gasteiger partial charge on any atom is 0.119 e. The molecule has 0 aromatic heterocycles. The summed E-state index contributed by atoms with van der Waals surface area (Å²) >= 11 is 0. The number of ether oxygens (including phenoxy) is 1. The second kappa shape index (κ2) is 9.90. The maximum absolute atomic E-state index is 5.67. The van der Waals surface area contributed by atoms with E-state index in [-0.39, 0.29) is 0 Å². The predicted molar refractivity (Wildman–Crippen MR) is 98.2 cm³/mol. The molecule has 0 bridgehead atoms. The molecule has 1 atom stereocenters. The van der Waals surface area contributed by atoms with Crippen molar-refractivity contribution in [3.05, 3.63) is 60.2 Å². The standard InChI is InChI=1S/C20H28N2O/c1-3-4-16-23-20-12-10-19(11-13-20)22-15-14-21-17(2)18-8-6-5-7-9-18/h5-13,17,21-22H,3-4,14-16H2,1-2H3. The fraction of sp³-hybridized carbons (Fsp3) is 0.400. The number of nitrogens with one attached hydrogen (secondary N) is 2. The van der Waals surface area contributed by atoms with Crippen LogP contribution in [-0.4, -0.2) is 19.7 Å². The Morgan fingerprint density at radius 3 is 2.39 bits per heavy atom. The Balaban J connectivity index is 1.66. The highest BCUT2D eigenvalue weighted by atomic mass is 16.5. The smallest absolute Gasteiger partial charge is 0.119 e. The van der Waals surface area contributed by atoms with E-state index >= 15 is 0 Å². The highest BCUT2D eigenvalue weighted by molar-refractivity contribution is 5.46. The third kappa shape index (κ3) is 6.33. The van der Waals surface area contributed by atoms with Gasteiger partial charge in [0.05, 0.1) is 6.61 Å². The van der Waals surface area contributed by atoms with Crippen LogP contribution >= 0.6 is 0 Å². The van der Waals surface area contributed by atoms with Gasteiger partial charge in [-0.2, -0.15) is 0 Å². The van der Waals surface area contributed by atoms with Gasteiger partial charge in [-0.05, 0) is 43.2 Å². The van der Waals surface area contributed by atoms with E-state index in [1.165, 1.54) is 5.56 Å². The SMILES string of the molecule is CCCCOc1ccc(NCCNC(C)c2ccccc2)cc1. The van der Waals surface area contributed by atoms with Gasteiger partial charge in [0, 0.05) is 24.8 Å². The minimum atomic E-state index is 0.368. The molecule has 0 heterocycles. The molecule has 0 spiro atoms. The lowest BCUT2D eigenvalue weighted by molar-refractivity contribution is 0.309. The Bertz CT molecular complexity index is 539. The van der Waals surface area contributed by atoms with Gasteiger partial charge in [-0.3, -0.25) is 0 Å². The fourth-order valence-corrected chi connectivity index (χ4v) is 2.36. The zero-order chi connectivity index (χ0) is 16.3. The largest absolute Gasteiger partial charge is 0.494 e. The third-order valence-corrected chi connectivity index (χ3v) is 3.83. The van der Waals surface area contributed by atoms with Gasteiger partial charge < -0.3 is 15.4 Å². The first-order valence-corrected chi connectivity index (χ1v) is 8.54. The second-order valence-electron chi connectivity index (χ2n) is 5.74. The Morgan fingerprint density at radius 2 is 1.70 bits per heavy atom. The maximum atomic E-state index is 5.67. The van der Waals surface area contributed by atoms with E-state index in [4.69, 9.17) is 4.74 Å². The molecule has 0 amide bonds. The molecule has 2 aromatic carbocycles. The highest BCUT2D eigenvalue weighted by Crippen LogP contribution is 2.16. The van der Waals surface area contributed by atoms with Crippen LogP contribution in [0.2, 0.25) is 0 Å². The average Bonchev–Trinajstić information content (AvgIpc) is 2.61. The van der Waals surface area contributed by atoms with Gasteiger partial charge in [0.15, 0.2) is 0 Å². The molecule has 2 rings (SSSR count). The van der Waals surface area contributed by atoms with E-state index < -0.39 is 0 Å². The molecule has 3 heteroatoms. The number of anilines is 1. The normalized spacial score (nSPS) is 11.9. The molecule has 2 N–H and O–H groups in total. The molecule has 0 aliphatic carbocycles. The molecule has 2 aromatic rings. The number of hydrogen-bond donors (Lipinski definition) is 2. The van der Waals surface area contributed by atoms with Crippen LogP contribution in [0.25, 0.3) is 0 Å². The number of unbranched alkanes of at least 4 members (excludes halogenated alkanes) is 1. The van der Waals surface area contributed by atoms with E-state index in [0.717, 1.165) is 44.0 Å². The van der Waals surface area contributed by atoms with Crippen LogP contribution in [0.15, 0.2) is 54.6 Å². The molecular weight excluding hydrogens is 284 g/mol. The number of rotatable bonds is 10. The van der Waals surface area contributed by atoms with Crippen molar-refractivity contribution >= 4 is 5.69 Å². The highest BCUT2D eigenvalue weighted by Gasteiger charge is 2.02. The summed E-state index contributed by atoms with van der Waals surface area (Å²) in [5.41, 5.74) is 2.45. The van der Waals surface area contributed by atoms with Crippen molar-refractivity contribution in [1.82, 2.24) is 5.32 Å². The first-order valence-electron chi connectivity index (χ1n) is 8.54. The second-order valence-corrected chi connectivity index (χ2v) is 5.74. The summed E-state index contributed by atoms with van der Waals surface area (Å²) in [5, 5.41) is 6.96. The minimum Gasteiger partial charge on any atom is -0.494 e. The van der Waals surface area contributed by atoms with Crippen LogP contribution < -0.4 is 15.4 Å². The Morgan fingerprint density at radius 1 is 0.957 bits per heavy atom. The van der Waals surface area contributed by atoms with Crippen molar-refractivity contribution in [1.29, 1.82) is 0 Å². The quantitative estimate of drug-likeness (QED) is 0.628. The predicted octanol–water partition coefficient (Wildman–Crippen LogP) is 4.63. The van der Waals surface area contributed by atoms with Crippen molar-refractivity contribution in [2.24, 2.45) is 0 Å². The van der Waals surface area contributed by atoms with Crippen molar-refractivity contribution in [2.75, 3.05) is 25.0 Å². The van der Waals surface area contributed by atoms with Crippen LogP contribution in [0, 0.1) is 0 Å². The minimum absolute atomic E-state index is 0.368. The van der Waals surface area contributed by atoms with Crippen LogP contribution in [0.1, 0.15) is 38.3 Å². The lowest BCUT2D eigenvalue weighted by Crippen LogP contribution is -2.25. The fourth-order valence-electron chi connectivity index (χ4n) is 2.36.